The van der Waals surface area contributed by atoms with Crippen molar-refractivity contribution < 1.29 is 4.39 Å². The zero-order valence-corrected chi connectivity index (χ0v) is 8.26. The molecule has 0 spiro atoms. The van der Waals surface area contributed by atoms with Gasteiger partial charge in [0.2, 0.25) is 0 Å². The molecule has 1 fully saturated rings. The minimum Gasteiger partial charge on any atom is -0.271 e. The van der Waals surface area contributed by atoms with E-state index in [1.165, 1.54) is 12.8 Å². The quantitative estimate of drug-likeness (QED) is 0.571. The maximum absolute atomic E-state index is 13.3. The van der Waals surface area contributed by atoms with Gasteiger partial charge in [0.1, 0.15) is 5.82 Å². The Balaban J connectivity index is 2.25. The van der Waals surface area contributed by atoms with Crippen LogP contribution >= 0.6 is 0 Å². The van der Waals surface area contributed by atoms with Gasteiger partial charge in [-0.1, -0.05) is 12.1 Å². The highest BCUT2D eigenvalue weighted by molar-refractivity contribution is 5.26. The van der Waals surface area contributed by atoms with Crippen molar-refractivity contribution in [3.63, 3.8) is 0 Å². The van der Waals surface area contributed by atoms with Gasteiger partial charge < -0.3 is 0 Å². The molecular formula is C11H15FN2. The van der Waals surface area contributed by atoms with Crippen LogP contribution in [0.1, 0.15) is 30.0 Å². The molecule has 2 nitrogen and oxygen atoms in total. The molecule has 0 aromatic heterocycles. The van der Waals surface area contributed by atoms with E-state index in [2.05, 4.69) is 5.43 Å². The molecule has 3 N–H and O–H groups in total. The Labute approximate surface area is 83.3 Å². The molecular weight excluding hydrogens is 179 g/mol. The maximum Gasteiger partial charge on any atom is 0.126 e. The summed E-state index contributed by atoms with van der Waals surface area (Å²) in [6.07, 6.45) is 2.37. The van der Waals surface area contributed by atoms with Crippen LogP contribution < -0.4 is 11.3 Å². The molecule has 0 saturated heterocycles. The average molecular weight is 194 g/mol. The lowest BCUT2D eigenvalue weighted by molar-refractivity contribution is 0.492. The first-order valence-electron chi connectivity index (χ1n) is 4.94. The van der Waals surface area contributed by atoms with Crippen LogP contribution in [-0.2, 0) is 0 Å². The summed E-state index contributed by atoms with van der Waals surface area (Å²) in [4.78, 5) is 0. The van der Waals surface area contributed by atoms with Crippen molar-refractivity contribution in [2.75, 3.05) is 0 Å². The van der Waals surface area contributed by atoms with E-state index in [4.69, 9.17) is 5.84 Å². The Morgan fingerprint density at radius 3 is 2.71 bits per heavy atom. The molecule has 0 aliphatic heterocycles. The second kappa shape index (κ2) is 3.67. The predicted molar refractivity (Wildman–Crippen MR) is 53.9 cm³/mol. The molecule has 3 heteroatoms. The third kappa shape index (κ3) is 1.79. The standard InChI is InChI=1S/C11H15FN2/c1-7-2-3-9(6-10(7)12)11(14-13)8-4-5-8/h2-3,6,8,11,14H,4-5,13H2,1H3. The first-order valence-corrected chi connectivity index (χ1v) is 4.94. The summed E-state index contributed by atoms with van der Waals surface area (Å²) in [5.41, 5.74) is 4.40. The second-order valence-electron chi connectivity index (χ2n) is 3.99. The maximum atomic E-state index is 13.3. The normalized spacial score (nSPS) is 18.2. The van der Waals surface area contributed by atoms with Crippen LogP contribution in [0.15, 0.2) is 18.2 Å². The molecule has 1 aromatic carbocycles. The van der Waals surface area contributed by atoms with Gasteiger partial charge in [0.15, 0.2) is 0 Å². The van der Waals surface area contributed by atoms with E-state index in [1.54, 1.807) is 19.1 Å². The highest BCUT2D eigenvalue weighted by Crippen LogP contribution is 2.40. The average Bonchev–Trinajstić information content (AvgIpc) is 2.96. The minimum absolute atomic E-state index is 0.116. The molecule has 0 amide bonds. The van der Waals surface area contributed by atoms with Gasteiger partial charge in [-0.3, -0.25) is 11.3 Å². The number of aryl methyl sites for hydroxylation is 1. The number of benzene rings is 1. The smallest absolute Gasteiger partial charge is 0.126 e. The lowest BCUT2D eigenvalue weighted by Crippen LogP contribution is -2.29. The van der Waals surface area contributed by atoms with Gasteiger partial charge in [-0.25, -0.2) is 4.39 Å². The predicted octanol–water partition coefficient (Wildman–Crippen LogP) is 2.05. The third-order valence-electron chi connectivity index (χ3n) is 2.83. The van der Waals surface area contributed by atoms with E-state index in [0.717, 1.165) is 5.56 Å². The summed E-state index contributed by atoms with van der Waals surface area (Å²) in [6, 6.07) is 5.45. The molecule has 1 unspecified atom stereocenters. The van der Waals surface area contributed by atoms with Gasteiger partial charge in [0.25, 0.3) is 0 Å². The number of halogens is 1. The molecule has 0 bridgehead atoms. The van der Waals surface area contributed by atoms with Crippen molar-refractivity contribution in [1.29, 1.82) is 0 Å². The number of hydrogen-bond donors (Lipinski definition) is 2. The van der Waals surface area contributed by atoms with E-state index in [1.807, 2.05) is 6.07 Å². The number of rotatable bonds is 3. The lowest BCUT2D eigenvalue weighted by Gasteiger charge is -2.15. The van der Waals surface area contributed by atoms with Crippen LogP contribution in [0.3, 0.4) is 0 Å². The van der Waals surface area contributed by atoms with Crippen LogP contribution in [0.5, 0.6) is 0 Å². The zero-order valence-electron chi connectivity index (χ0n) is 8.26. The van der Waals surface area contributed by atoms with Gasteiger partial charge in [-0.05, 0) is 42.9 Å². The summed E-state index contributed by atoms with van der Waals surface area (Å²) in [5, 5.41) is 0. The van der Waals surface area contributed by atoms with Crippen LogP contribution in [0.4, 0.5) is 4.39 Å². The topological polar surface area (TPSA) is 38.0 Å². The van der Waals surface area contributed by atoms with Crippen molar-refractivity contribution in [2.24, 2.45) is 11.8 Å². The molecule has 0 heterocycles. The fourth-order valence-corrected chi connectivity index (χ4v) is 1.74. The molecule has 1 atom stereocenters. The molecule has 1 aliphatic carbocycles. The third-order valence-corrected chi connectivity index (χ3v) is 2.83. The largest absolute Gasteiger partial charge is 0.271 e. The summed E-state index contributed by atoms with van der Waals surface area (Å²) < 4.78 is 13.3. The summed E-state index contributed by atoms with van der Waals surface area (Å²) in [6.45, 7) is 1.76. The Morgan fingerprint density at radius 1 is 1.50 bits per heavy atom. The summed E-state index contributed by atoms with van der Waals surface area (Å²) in [5.74, 6) is 5.90. The van der Waals surface area contributed by atoms with Gasteiger partial charge in [-0.15, -0.1) is 0 Å². The molecule has 1 aliphatic rings. The Kier molecular flexibility index (Phi) is 2.52. The van der Waals surface area contributed by atoms with Crippen LogP contribution in [0, 0.1) is 18.7 Å². The van der Waals surface area contributed by atoms with Gasteiger partial charge in [0, 0.05) is 6.04 Å². The molecule has 76 valence electrons. The fourth-order valence-electron chi connectivity index (χ4n) is 1.74. The molecule has 1 aromatic rings. The van der Waals surface area contributed by atoms with Crippen molar-refractivity contribution in [1.82, 2.24) is 5.43 Å². The van der Waals surface area contributed by atoms with Crippen LogP contribution in [-0.4, -0.2) is 0 Å². The fraction of sp³-hybridized carbons (Fsp3) is 0.455. The molecule has 2 rings (SSSR count). The molecule has 1 saturated carbocycles. The van der Waals surface area contributed by atoms with Crippen molar-refractivity contribution in [3.05, 3.63) is 35.1 Å². The van der Waals surface area contributed by atoms with E-state index in [0.29, 0.717) is 11.5 Å². The van der Waals surface area contributed by atoms with E-state index >= 15 is 0 Å². The highest BCUT2D eigenvalue weighted by atomic mass is 19.1. The monoisotopic (exact) mass is 194 g/mol. The minimum atomic E-state index is -0.150. The van der Waals surface area contributed by atoms with Crippen LogP contribution in [0.25, 0.3) is 0 Å². The van der Waals surface area contributed by atoms with Gasteiger partial charge in [-0.2, -0.15) is 0 Å². The van der Waals surface area contributed by atoms with E-state index in [9.17, 15) is 4.39 Å². The first-order chi connectivity index (χ1) is 6.72. The SMILES string of the molecule is Cc1ccc(C(NN)C2CC2)cc1F. The number of hydrazine groups is 1. The zero-order chi connectivity index (χ0) is 10.1. The van der Waals surface area contributed by atoms with Gasteiger partial charge >= 0.3 is 0 Å². The molecule has 0 radical (unpaired) electrons. The Bertz CT molecular complexity index is 334. The molecule has 14 heavy (non-hydrogen) atoms. The number of nitrogens with one attached hydrogen (secondary N) is 1. The van der Waals surface area contributed by atoms with E-state index < -0.39 is 0 Å². The highest BCUT2D eigenvalue weighted by Gasteiger charge is 2.31. The number of hydrogen-bond acceptors (Lipinski definition) is 2. The van der Waals surface area contributed by atoms with Crippen LogP contribution in [0.2, 0.25) is 0 Å². The second-order valence-corrected chi connectivity index (χ2v) is 3.99. The Hall–Kier alpha value is -0.930. The first kappa shape index (κ1) is 9.62. The lowest BCUT2D eigenvalue weighted by atomic mass is 10.0. The van der Waals surface area contributed by atoms with Crippen molar-refractivity contribution >= 4 is 0 Å². The Morgan fingerprint density at radius 2 is 2.21 bits per heavy atom. The van der Waals surface area contributed by atoms with Gasteiger partial charge in [0.05, 0.1) is 0 Å². The van der Waals surface area contributed by atoms with Crippen molar-refractivity contribution in [3.8, 4) is 0 Å². The van der Waals surface area contributed by atoms with E-state index in [-0.39, 0.29) is 11.9 Å². The number of nitrogens with two attached hydrogens (primary N) is 1. The van der Waals surface area contributed by atoms with Crippen molar-refractivity contribution in [2.45, 2.75) is 25.8 Å². The summed E-state index contributed by atoms with van der Waals surface area (Å²) >= 11 is 0. The summed E-state index contributed by atoms with van der Waals surface area (Å²) in [7, 11) is 0.